The lowest BCUT2D eigenvalue weighted by Crippen LogP contribution is -2.12. The van der Waals surface area contributed by atoms with Gasteiger partial charge in [-0.3, -0.25) is 4.98 Å². The average molecular weight is 161 g/mol. The first kappa shape index (κ1) is 11.9. The van der Waals surface area contributed by atoms with Crippen molar-refractivity contribution in [3.05, 3.63) is 24.4 Å². The Bertz CT molecular complexity index is 161. The van der Waals surface area contributed by atoms with Crippen LogP contribution in [0.1, 0.15) is 0 Å². The SMILES string of the molecule is F[Si]c1ccccn1.O.O. The molecule has 0 bridgehead atoms. The Morgan fingerprint density at radius 1 is 1.30 bits per heavy atom. The van der Waals surface area contributed by atoms with Gasteiger partial charge in [-0.15, -0.1) is 0 Å². The first-order valence-electron chi connectivity index (χ1n) is 2.21. The van der Waals surface area contributed by atoms with E-state index < -0.39 is 9.85 Å². The summed E-state index contributed by atoms with van der Waals surface area (Å²) in [6, 6.07) is 5.21. The maximum atomic E-state index is 11.7. The quantitative estimate of drug-likeness (QED) is 0.370. The molecule has 0 aliphatic rings. The smallest absolute Gasteiger partial charge is 0.353 e. The van der Waals surface area contributed by atoms with E-state index in [-0.39, 0.29) is 11.0 Å². The number of halogens is 1. The summed E-state index contributed by atoms with van der Waals surface area (Å²) in [4.78, 5) is 3.73. The lowest BCUT2D eigenvalue weighted by atomic mass is 10.5. The van der Waals surface area contributed by atoms with Crippen molar-refractivity contribution in [1.82, 2.24) is 4.98 Å². The maximum Gasteiger partial charge on any atom is 0.353 e. The first-order valence-corrected chi connectivity index (χ1v) is 3.09. The summed E-state index contributed by atoms with van der Waals surface area (Å²) in [5, 5.41) is 0.521. The van der Waals surface area contributed by atoms with Crippen molar-refractivity contribution in [3.63, 3.8) is 0 Å². The molecule has 0 spiro atoms. The van der Waals surface area contributed by atoms with Gasteiger partial charge in [-0.25, -0.2) is 0 Å². The van der Waals surface area contributed by atoms with E-state index in [0.717, 1.165) is 0 Å². The fourth-order valence-corrected chi connectivity index (χ4v) is 0.701. The van der Waals surface area contributed by atoms with Crippen molar-refractivity contribution in [1.29, 1.82) is 0 Å². The second-order valence-corrected chi connectivity index (χ2v) is 2.01. The number of hydrogen-bond donors (Lipinski definition) is 0. The molecule has 1 aromatic rings. The van der Waals surface area contributed by atoms with Crippen LogP contribution in [0.3, 0.4) is 0 Å². The number of aromatic nitrogens is 1. The molecule has 5 heteroatoms. The van der Waals surface area contributed by atoms with Crippen molar-refractivity contribution >= 4 is 15.2 Å². The van der Waals surface area contributed by atoms with Gasteiger partial charge in [0.1, 0.15) is 0 Å². The van der Waals surface area contributed by atoms with Gasteiger partial charge >= 0.3 is 9.85 Å². The molecule has 3 nitrogen and oxygen atoms in total. The van der Waals surface area contributed by atoms with E-state index in [9.17, 15) is 4.11 Å². The topological polar surface area (TPSA) is 75.9 Å². The predicted octanol–water partition coefficient (Wildman–Crippen LogP) is -1.35. The Labute approximate surface area is 60.5 Å². The standard InChI is InChI=1S/C5H4FNSi.2H2O/c6-8-5-3-1-2-4-7-5;;/h1-4H;2*1H2. The second-order valence-electron chi connectivity index (χ2n) is 1.31. The van der Waals surface area contributed by atoms with Crippen molar-refractivity contribution in [2.45, 2.75) is 0 Å². The van der Waals surface area contributed by atoms with Crippen LogP contribution in [-0.4, -0.2) is 25.8 Å². The monoisotopic (exact) mass is 161 g/mol. The van der Waals surface area contributed by atoms with Gasteiger partial charge in [-0.05, 0) is 12.1 Å². The lowest BCUT2D eigenvalue weighted by molar-refractivity contribution is 0.823. The van der Waals surface area contributed by atoms with Crippen molar-refractivity contribution in [2.24, 2.45) is 0 Å². The molecule has 1 aromatic heterocycles. The molecule has 0 aromatic carbocycles. The summed E-state index contributed by atoms with van der Waals surface area (Å²) >= 11 is 0. The van der Waals surface area contributed by atoms with Gasteiger partial charge in [0, 0.05) is 6.20 Å². The van der Waals surface area contributed by atoms with Crippen LogP contribution < -0.4 is 5.32 Å². The number of nitrogens with zero attached hydrogens (tertiary/aromatic N) is 1. The van der Waals surface area contributed by atoms with Crippen LogP contribution in [0.2, 0.25) is 0 Å². The summed E-state index contributed by atoms with van der Waals surface area (Å²) < 4.78 is 11.7. The Morgan fingerprint density at radius 2 is 2.00 bits per heavy atom. The zero-order valence-corrected chi connectivity index (χ0v) is 6.13. The Morgan fingerprint density at radius 3 is 2.30 bits per heavy atom. The van der Waals surface area contributed by atoms with E-state index >= 15 is 0 Å². The summed E-state index contributed by atoms with van der Waals surface area (Å²) in [5.41, 5.74) is 0. The Balaban J connectivity index is 0. The summed E-state index contributed by atoms with van der Waals surface area (Å²) in [6.45, 7) is 0. The summed E-state index contributed by atoms with van der Waals surface area (Å²) in [6.07, 6.45) is 1.59. The van der Waals surface area contributed by atoms with Crippen molar-refractivity contribution < 1.29 is 15.1 Å². The van der Waals surface area contributed by atoms with E-state index in [1.807, 2.05) is 0 Å². The number of pyridine rings is 1. The van der Waals surface area contributed by atoms with Gasteiger partial charge in [0.25, 0.3) is 0 Å². The van der Waals surface area contributed by atoms with E-state index in [1.54, 1.807) is 24.4 Å². The van der Waals surface area contributed by atoms with Gasteiger partial charge in [0.05, 0.1) is 5.32 Å². The fourth-order valence-electron chi connectivity index (χ4n) is 0.419. The largest absolute Gasteiger partial charge is 0.412 e. The molecule has 0 saturated heterocycles. The highest BCUT2D eigenvalue weighted by Gasteiger charge is 1.89. The molecule has 56 valence electrons. The number of rotatable bonds is 1. The Hall–Kier alpha value is -0.783. The molecule has 10 heavy (non-hydrogen) atoms. The minimum Gasteiger partial charge on any atom is -0.412 e. The van der Waals surface area contributed by atoms with E-state index in [1.165, 1.54) is 0 Å². The molecule has 0 aliphatic carbocycles. The van der Waals surface area contributed by atoms with Crippen LogP contribution in [0, 0.1) is 0 Å². The van der Waals surface area contributed by atoms with Gasteiger partial charge in [-0.2, -0.15) is 0 Å². The minimum absolute atomic E-state index is 0. The summed E-state index contributed by atoms with van der Waals surface area (Å²) in [5.74, 6) is 0. The highest BCUT2D eigenvalue weighted by molar-refractivity contribution is 6.44. The molecule has 4 N–H and O–H groups in total. The molecular weight excluding hydrogens is 153 g/mol. The van der Waals surface area contributed by atoms with E-state index in [2.05, 4.69) is 4.98 Å². The van der Waals surface area contributed by atoms with Crippen LogP contribution in [0.5, 0.6) is 0 Å². The lowest BCUT2D eigenvalue weighted by Gasteiger charge is -1.84. The third kappa shape index (κ3) is 3.28. The van der Waals surface area contributed by atoms with Crippen LogP contribution in [0.4, 0.5) is 4.11 Å². The highest BCUT2D eigenvalue weighted by atomic mass is 28.3. The normalized spacial score (nSPS) is 7.30. The third-order valence-corrected chi connectivity index (χ3v) is 1.25. The average Bonchev–Trinajstić information content (AvgIpc) is 1.90. The van der Waals surface area contributed by atoms with Crippen molar-refractivity contribution in [3.8, 4) is 0 Å². The van der Waals surface area contributed by atoms with E-state index in [4.69, 9.17) is 0 Å². The number of hydrogen-bond acceptors (Lipinski definition) is 1. The van der Waals surface area contributed by atoms with Gasteiger partial charge in [0.2, 0.25) is 0 Å². The molecule has 1 heterocycles. The maximum absolute atomic E-state index is 11.7. The van der Waals surface area contributed by atoms with Gasteiger partial charge < -0.3 is 15.1 Å². The van der Waals surface area contributed by atoms with Gasteiger partial charge in [0.15, 0.2) is 0 Å². The van der Waals surface area contributed by atoms with Crippen LogP contribution in [0.25, 0.3) is 0 Å². The molecule has 0 amide bonds. The van der Waals surface area contributed by atoms with E-state index in [0.29, 0.717) is 5.32 Å². The van der Waals surface area contributed by atoms with Crippen LogP contribution >= 0.6 is 0 Å². The molecule has 0 aliphatic heterocycles. The fraction of sp³-hybridized carbons (Fsp3) is 0. The highest BCUT2D eigenvalue weighted by Crippen LogP contribution is 1.74. The minimum atomic E-state index is -0.681. The molecule has 0 saturated carbocycles. The Kier molecular flexibility index (Phi) is 7.57. The predicted molar refractivity (Wildman–Crippen MR) is 38.0 cm³/mol. The molecule has 0 unspecified atom stereocenters. The van der Waals surface area contributed by atoms with Crippen molar-refractivity contribution in [2.75, 3.05) is 0 Å². The molecule has 1 rings (SSSR count). The molecular formula is C5H8FNO2Si. The summed E-state index contributed by atoms with van der Waals surface area (Å²) in [7, 11) is -0.681. The third-order valence-electron chi connectivity index (χ3n) is 0.762. The zero-order valence-electron chi connectivity index (χ0n) is 5.13. The second kappa shape index (κ2) is 6.34. The van der Waals surface area contributed by atoms with Gasteiger partial charge in [-0.1, -0.05) is 6.07 Å². The molecule has 0 fully saturated rings. The molecule has 0 atom stereocenters. The molecule has 2 radical (unpaired) electrons. The first-order chi connectivity index (χ1) is 3.93. The van der Waals surface area contributed by atoms with Crippen LogP contribution in [-0.2, 0) is 0 Å². The zero-order chi connectivity index (χ0) is 5.82. The van der Waals surface area contributed by atoms with Crippen LogP contribution in [0.15, 0.2) is 24.4 Å².